The van der Waals surface area contributed by atoms with Crippen LogP contribution in [0.15, 0.2) is 71.3 Å². The van der Waals surface area contributed by atoms with Crippen molar-refractivity contribution < 1.29 is 14.0 Å². The zero-order valence-corrected chi connectivity index (χ0v) is 14.9. The van der Waals surface area contributed by atoms with Crippen LogP contribution in [0, 0.1) is 0 Å². The van der Waals surface area contributed by atoms with Gasteiger partial charge < -0.3 is 14.0 Å². The lowest BCUT2D eigenvalue weighted by Crippen LogP contribution is -1.95. The predicted molar refractivity (Wildman–Crippen MR) is 102 cm³/mol. The lowest BCUT2D eigenvalue weighted by atomic mass is 10.1. The minimum absolute atomic E-state index is 0.401. The van der Waals surface area contributed by atoms with Crippen LogP contribution in [0.2, 0.25) is 0 Å². The van der Waals surface area contributed by atoms with E-state index in [2.05, 4.69) is 15.1 Å². The molecular weight excluding hydrogens is 342 g/mol. The maximum absolute atomic E-state index is 5.46. The summed E-state index contributed by atoms with van der Waals surface area (Å²) in [5.74, 6) is 1.97. The van der Waals surface area contributed by atoms with Crippen LogP contribution in [0.1, 0.15) is 0 Å². The van der Waals surface area contributed by atoms with Gasteiger partial charge in [0, 0.05) is 11.1 Å². The number of ether oxygens (including phenoxy) is 2. The highest BCUT2D eigenvalue weighted by molar-refractivity contribution is 5.69. The van der Waals surface area contributed by atoms with E-state index < -0.39 is 0 Å². The summed E-state index contributed by atoms with van der Waals surface area (Å²) in [6.45, 7) is 0. The Bertz CT molecular complexity index is 1060. The van der Waals surface area contributed by atoms with Crippen molar-refractivity contribution in [3.05, 3.63) is 66.7 Å². The predicted octanol–water partition coefficient (Wildman–Crippen LogP) is 4.48. The minimum atomic E-state index is 0.401. The van der Waals surface area contributed by atoms with E-state index in [0.717, 1.165) is 22.6 Å². The molecule has 2 heterocycles. The highest BCUT2D eigenvalue weighted by Gasteiger charge is 2.17. The average Bonchev–Trinajstić information content (AvgIpc) is 3.24. The van der Waals surface area contributed by atoms with Gasteiger partial charge in [-0.3, -0.25) is 0 Å². The van der Waals surface area contributed by atoms with Crippen LogP contribution in [-0.4, -0.2) is 29.3 Å². The molecule has 0 radical (unpaired) electrons. The first-order valence-electron chi connectivity index (χ1n) is 8.37. The lowest BCUT2D eigenvalue weighted by molar-refractivity contribution is 0.398. The molecule has 0 saturated carbocycles. The fourth-order valence-electron chi connectivity index (χ4n) is 2.74. The fourth-order valence-corrected chi connectivity index (χ4v) is 2.74. The highest BCUT2D eigenvalue weighted by Crippen LogP contribution is 2.31. The van der Waals surface area contributed by atoms with E-state index >= 15 is 0 Å². The first kappa shape index (κ1) is 16.8. The Labute approximate surface area is 156 Å². The van der Waals surface area contributed by atoms with E-state index in [1.165, 1.54) is 0 Å². The Morgan fingerprint density at radius 3 is 2.37 bits per heavy atom. The van der Waals surface area contributed by atoms with Crippen molar-refractivity contribution in [2.45, 2.75) is 0 Å². The largest absolute Gasteiger partial charge is 0.497 e. The molecule has 0 spiro atoms. The SMILES string of the molecule is COc1cccc(-c2nc(-c3ccc(-c4ccccc4)nc3OC)no2)c1. The van der Waals surface area contributed by atoms with Gasteiger partial charge >= 0.3 is 0 Å². The number of pyridine rings is 1. The molecule has 6 heteroatoms. The van der Waals surface area contributed by atoms with Crippen molar-refractivity contribution in [2.75, 3.05) is 14.2 Å². The van der Waals surface area contributed by atoms with Gasteiger partial charge in [0.05, 0.1) is 25.5 Å². The van der Waals surface area contributed by atoms with Crippen molar-refractivity contribution in [3.63, 3.8) is 0 Å². The summed E-state index contributed by atoms with van der Waals surface area (Å²) in [6, 6.07) is 21.1. The number of rotatable bonds is 5. The number of hydrogen-bond donors (Lipinski definition) is 0. The van der Waals surface area contributed by atoms with Crippen LogP contribution >= 0.6 is 0 Å². The summed E-state index contributed by atoms with van der Waals surface area (Å²) in [4.78, 5) is 9.07. The molecule has 27 heavy (non-hydrogen) atoms. The summed E-state index contributed by atoms with van der Waals surface area (Å²) in [5.41, 5.74) is 3.26. The Morgan fingerprint density at radius 1 is 0.778 bits per heavy atom. The molecule has 0 N–H and O–H groups in total. The van der Waals surface area contributed by atoms with E-state index in [-0.39, 0.29) is 0 Å². The van der Waals surface area contributed by atoms with Crippen molar-refractivity contribution in [1.82, 2.24) is 15.1 Å². The van der Waals surface area contributed by atoms with Gasteiger partial charge in [-0.25, -0.2) is 4.98 Å². The summed E-state index contributed by atoms with van der Waals surface area (Å²) in [5, 5.41) is 4.08. The molecule has 6 nitrogen and oxygen atoms in total. The van der Waals surface area contributed by atoms with Crippen LogP contribution in [0.3, 0.4) is 0 Å². The highest BCUT2D eigenvalue weighted by atomic mass is 16.5. The Morgan fingerprint density at radius 2 is 1.59 bits per heavy atom. The maximum Gasteiger partial charge on any atom is 0.258 e. The molecule has 134 valence electrons. The molecule has 0 aliphatic heterocycles. The standard InChI is InChI=1S/C21H17N3O3/c1-25-16-10-6-9-15(13-16)20-23-19(24-27-20)17-11-12-18(22-21(17)26-2)14-7-4-3-5-8-14/h3-13H,1-2H3. The monoisotopic (exact) mass is 359 g/mol. The second kappa shape index (κ2) is 7.29. The molecule has 0 fully saturated rings. The Balaban J connectivity index is 1.70. The molecule has 2 aromatic carbocycles. The molecule has 0 bridgehead atoms. The lowest BCUT2D eigenvalue weighted by Gasteiger charge is -2.07. The normalized spacial score (nSPS) is 10.6. The van der Waals surface area contributed by atoms with Crippen LogP contribution in [-0.2, 0) is 0 Å². The number of hydrogen-bond acceptors (Lipinski definition) is 6. The van der Waals surface area contributed by atoms with E-state index in [1.54, 1.807) is 14.2 Å². The van der Waals surface area contributed by atoms with Gasteiger partial charge in [0.15, 0.2) is 0 Å². The van der Waals surface area contributed by atoms with Gasteiger partial charge in [-0.05, 0) is 30.3 Å². The van der Waals surface area contributed by atoms with E-state index in [4.69, 9.17) is 14.0 Å². The third-order valence-corrected chi connectivity index (χ3v) is 4.11. The van der Waals surface area contributed by atoms with Gasteiger partial charge in [0.1, 0.15) is 5.75 Å². The molecule has 0 amide bonds. The molecule has 4 aromatic rings. The first-order valence-corrected chi connectivity index (χ1v) is 8.37. The van der Waals surface area contributed by atoms with Gasteiger partial charge in [-0.15, -0.1) is 0 Å². The minimum Gasteiger partial charge on any atom is -0.497 e. The second-order valence-electron chi connectivity index (χ2n) is 5.77. The zero-order valence-electron chi connectivity index (χ0n) is 14.9. The summed E-state index contributed by atoms with van der Waals surface area (Å²) in [7, 11) is 3.19. The molecule has 0 atom stereocenters. The second-order valence-corrected chi connectivity index (χ2v) is 5.77. The van der Waals surface area contributed by atoms with Gasteiger partial charge in [-0.2, -0.15) is 4.98 Å². The van der Waals surface area contributed by atoms with Gasteiger partial charge in [-0.1, -0.05) is 41.6 Å². The van der Waals surface area contributed by atoms with Gasteiger partial charge in [0.25, 0.3) is 5.89 Å². The van der Waals surface area contributed by atoms with E-state index in [9.17, 15) is 0 Å². The fraction of sp³-hybridized carbons (Fsp3) is 0.0952. The molecule has 0 aliphatic carbocycles. The maximum atomic E-state index is 5.46. The summed E-state index contributed by atoms with van der Waals surface area (Å²) >= 11 is 0. The molecule has 0 unspecified atom stereocenters. The number of aromatic nitrogens is 3. The van der Waals surface area contributed by atoms with E-state index in [0.29, 0.717) is 23.2 Å². The zero-order chi connectivity index (χ0) is 18.6. The van der Waals surface area contributed by atoms with Crippen LogP contribution in [0.4, 0.5) is 0 Å². The van der Waals surface area contributed by atoms with Crippen molar-refractivity contribution in [1.29, 1.82) is 0 Å². The van der Waals surface area contributed by atoms with Crippen LogP contribution in [0.25, 0.3) is 34.1 Å². The quantitative estimate of drug-likeness (QED) is 0.523. The van der Waals surface area contributed by atoms with Crippen LogP contribution < -0.4 is 9.47 Å². The number of benzene rings is 2. The Hall–Kier alpha value is -3.67. The third-order valence-electron chi connectivity index (χ3n) is 4.11. The summed E-state index contributed by atoms with van der Waals surface area (Å²) in [6.07, 6.45) is 0. The topological polar surface area (TPSA) is 70.3 Å². The molecule has 2 aromatic heterocycles. The van der Waals surface area contributed by atoms with E-state index in [1.807, 2.05) is 66.7 Å². The summed E-state index contributed by atoms with van der Waals surface area (Å²) < 4.78 is 16.1. The number of methoxy groups -OCH3 is 2. The van der Waals surface area contributed by atoms with Crippen molar-refractivity contribution in [2.24, 2.45) is 0 Å². The molecule has 4 rings (SSSR count). The van der Waals surface area contributed by atoms with Gasteiger partial charge in [0.2, 0.25) is 11.7 Å². The average molecular weight is 359 g/mol. The molecule has 0 saturated heterocycles. The third kappa shape index (κ3) is 3.37. The Kier molecular flexibility index (Phi) is 4.53. The number of nitrogens with zero attached hydrogens (tertiary/aromatic N) is 3. The first-order chi connectivity index (χ1) is 13.3. The molecule has 0 aliphatic rings. The molecular formula is C21H17N3O3. The smallest absolute Gasteiger partial charge is 0.258 e. The van der Waals surface area contributed by atoms with Crippen LogP contribution in [0.5, 0.6) is 11.6 Å². The van der Waals surface area contributed by atoms with Crippen molar-refractivity contribution in [3.8, 4) is 45.7 Å². The van der Waals surface area contributed by atoms with Crippen molar-refractivity contribution >= 4 is 0 Å².